The zero-order valence-corrected chi connectivity index (χ0v) is 6.80. The lowest BCUT2D eigenvalue weighted by Gasteiger charge is -2.30. The molecule has 0 aromatic carbocycles. The molecule has 2 heteroatoms. The second-order valence-electron chi connectivity index (χ2n) is 3.57. The van der Waals surface area contributed by atoms with E-state index in [9.17, 15) is 5.11 Å². The first-order chi connectivity index (χ1) is 4.70. The first-order valence-corrected chi connectivity index (χ1v) is 4.09. The minimum Gasteiger partial charge on any atom is -0.393 e. The van der Waals surface area contributed by atoms with Crippen LogP contribution in [0, 0.1) is 11.8 Å². The molecular weight excluding hydrogens is 126 g/mol. The quantitative estimate of drug-likeness (QED) is 0.607. The molecule has 1 rings (SSSR count). The molecule has 60 valence electrons. The van der Waals surface area contributed by atoms with Crippen LogP contribution in [0.3, 0.4) is 0 Å². The van der Waals surface area contributed by atoms with Crippen LogP contribution in [0.25, 0.3) is 0 Å². The third-order valence-corrected chi connectivity index (χ3v) is 2.21. The van der Waals surface area contributed by atoms with Crippen LogP contribution >= 0.6 is 0 Å². The van der Waals surface area contributed by atoms with Crippen LogP contribution in [0.15, 0.2) is 0 Å². The van der Waals surface area contributed by atoms with Gasteiger partial charge in [0.15, 0.2) is 0 Å². The van der Waals surface area contributed by atoms with Gasteiger partial charge in [-0.1, -0.05) is 13.8 Å². The van der Waals surface area contributed by atoms with E-state index in [1.165, 1.54) is 0 Å². The molecule has 1 heterocycles. The van der Waals surface area contributed by atoms with Crippen molar-refractivity contribution in [2.45, 2.75) is 26.4 Å². The minimum absolute atomic E-state index is 0.0906. The standard InChI is InChI=1S/C8H17NO/c1-6(2)8(10)3-7-4-9-5-7/h6-10H,3-5H2,1-2H3. The predicted octanol–water partition coefficient (Wildman–Crippen LogP) is 0.613. The first kappa shape index (κ1) is 8.02. The molecule has 0 aromatic rings. The summed E-state index contributed by atoms with van der Waals surface area (Å²) in [6, 6.07) is 0. The van der Waals surface area contributed by atoms with Gasteiger partial charge in [0.25, 0.3) is 0 Å². The van der Waals surface area contributed by atoms with Crippen LogP contribution in [0.4, 0.5) is 0 Å². The molecule has 0 saturated carbocycles. The van der Waals surface area contributed by atoms with E-state index in [4.69, 9.17) is 0 Å². The van der Waals surface area contributed by atoms with Gasteiger partial charge < -0.3 is 10.4 Å². The molecule has 0 amide bonds. The normalized spacial score (nSPS) is 22.8. The van der Waals surface area contributed by atoms with E-state index in [0.717, 1.165) is 25.4 Å². The summed E-state index contributed by atoms with van der Waals surface area (Å²) in [5.41, 5.74) is 0. The highest BCUT2D eigenvalue weighted by molar-refractivity contribution is 4.78. The topological polar surface area (TPSA) is 32.3 Å². The Bertz CT molecular complexity index is 99.4. The first-order valence-electron chi connectivity index (χ1n) is 4.09. The van der Waals surface area contributed by atoms with Crippen molar-refractivity contribution in [1.82, 2.24) is 5.32 Å². The van der Waals surface area contributed by atoms with Crippen molar-refractivity contribution in [3.05, 3.63) is 0 Å². The van der Waals surface area contributed by atoms with Gasteiger partial charge in [0.2, 0.25) is 0 Å². The number of hydrogen-bond acceptors (Lipinski definition) is 2. The van der Waals surface area contributed by atoms with Crippen molar-refractivity contribution < 1.29 is 5.11 Å². The lowest BCUT2D eigenvalue weighted by molar-refractivity contribution is 0.0854. The molecule has 0 bridgehead atoms. The highest BCUT2D eigenvalue weighted by Crippen LogP contribution is 2.15. The molecule has 1 fully saturated rings. The molecule has 1 atom stereocenters. The summed E-state index contributed by atoms with van der Waals surface area (Å²) in [6.45, 7) is 6.33. The summed E-state index contributed by atoms with van der Waals surface area (Å²) in [4.78, 5) is 0. The second-order valence-corrected chi connectivity index (χ2v) is 3.57. The Balaban J connectivity index is 2.10. The fourth-order valence-electron chi connectivity index (χ4n) is 1.13. The number of rotatable bonds is 3. The van der Waals surface area contributed by atoms with Crippen molar-refractivity contribution >= 4 is 0 Å². The lowest BCUT2D eigenvalue weighted by Crippen LogP contribution is -2.44. The zero-order chi connectivity index (χ0) is 7.56. The number of hydrogen-bond donors (Lipinski definition) is 2. The van der Waals surface area contributed by atoms with Gasteiger partial charge in [-0.05, 0) is 31.3 Å². The molecule has 1 unspecified atom stereocenters. The smallest absolute Gasteiger partial charge is 0.0566 e. The Morgan fingerprint density at radius 1 is 1.50 bits per heavy atom. The summed E-state index contributed by atoms with van der Waals surface area (Å²) in [7, 11) is 0. The number of aliphatic hydroxyl groups is 1. The van der Waals surface area contributed by atoms with E-state index >= 15 is 0 Å². The van der Waals surface area contributed by atoms with Gasteiger partial charge in [0.1, 0.15) is 0 Å². The van der Waals surface area contributed by atoms with Gasteiger partial charge in [0, 0.05) is 0 Å². The minimum atomic E-state index is -0.0906. The summed E-state index contributed by atoms with van der Waals surface area (Å²) in [5, 5.41) is 12.6. The maximum absolute atomic E-state index is 9.43. The Morgan fingerprint density at radius 2 is 2.10 bits per heavy atom. The van der Waals surface area contributed by atoms with Gasteiger partial charge in [-0.3, -0.25) is 0 Å². The summed E-state index contributed by atoms with van der Waals surface area (Å²) >= 11 is 0. The molecule has 0 aliphatic carbocycles. The summed E-state index contributed by atoms with van der Waals surface area (Å²) < 4.78 is 0. The van der Waals surface area contributed by atoms with Crippen molar-refractivity contribution in [1.29, 1.82) is 0 Å². The Morgan fingerprint density at radius 3 is 2.40 bits per heavy atom. The lowest BCUT2D eigenvalue weighted by atomic mass is 9.91. The Labute approximate surface area is 62.6 Å². The van der Waals surface area contributed by atoms with Crippen LogP contribution < -0.4 is 5.32 Å². The van der Waals surface area contributed by atoms with Gasteiger partial charge in [-0.2, -0.15) is 0 Å². The summed E-state index contributed by atoms with van der Waals surface area (Å²) in [6.07, 6.45) is 0.886. The molecular formula is C8H17NO. The van der Waals surface area contributed by atoms with Crippen LogP contribution in [-0.4, -0.2) is 24.3 Å². The average molecular weight is 143 g/mol. The molecule has 2 N–H and O–H groups in total. The fraction of sp³-hybridized carbons (Fsp3) is 1.00. The fourth-order valence-corrected chi connectivity index (χ4v) is 1.13. The van der Waals surface area contributed by atoms with E-state index in [1.54, 1.807) is 0 Å². The molecule has 0 radical (unpaired) electrons. The highest BCUT2D eigenvalue weighted by Gasteiger charge is 2.21. The molecule has 1 aliphatic heterocycles. The average Bonchev–Trinajstić information content (AvgIpc) is 1.77. The van der Waals surface area contributed by atoms with Gasteiger partial charge >= 0.3 is 0 Å². The maximum Gasteiger partial charge on any atom is 0.0566 e. The molecule has 10 heavy (non-hydrogen) atoms. The molecule has 0 aromatic heterocycles. The van der Waals surface area contributed by atoms with Crippen molar-refractivity contribution in [2.75, 3.05) is 13.1 Å². The van der Waals surface area contributed by atoms with Crippen LogP contribution in [0.2, 0.25) is 0 Å². The SMILES string of the molecule is CC(C)C(O)CC1CNC1. The number of nitrogens with one attached hydrogen (secondary N) is 1. The summed E-state index contributed by atoms with van der Waals surface area (Å²) in [5.74, 6) is 1.15. The van der Waals surface area contributed by atoms with Gasteiger partial charge in [0.05, 0.1) is 6.10 Å². The van der Waals surface area contributed by atoms with Crippen molar-refractivity contribution in [3.63, 3.8) is 0 Å². The molecule has 1 saturated heterocycles. The van der Waals surface area contributed by atoms with Gasteiger partial charge in [-0.15, -0.1) is 0 Å². The van der Waals surface area contributed by atoms with Crippen LogP contribution in [-0.2, 0) is 0 Å². The van der Waals surface area contributed by atoms with E-state index in [2.05, 4.69) is 19.2 Å². The van der Waals surface area contributed by atoms with E-state index < -0.39 is 0 Å². The molecule has 0 spiro atoms. The highest BCUT2D eigenvalue weighted by atomic mass is 16.3. The maximum atomic E-state index is 9.43. The van der Waals surface area contributed by atoms with Crippen molar-refractivity contribution in [3.8, 4) is 0 Å². The third kappa shape index (κ3) is 1.96. The van der Waals surface area contributed by atoms with Crippen molar-refractivity contribution in [2.24, 2.45) is 11.8 Å². The third-order valence-electron chi connectivity index (χ3n) is 2.21. The predicted molar refractivity (Wildman–Crippen MR) is 41.8 cm³/mol. The van der Waals surface area contributed by atoms with Gasteiger partial charge in [-0.25, -0.2) is 0 Å². The second kappa shape index (κ2) is 3.35. The number of aliphatic hydroxyl groups excluding tert-OH is 1. The van der Waals surface area contributed by atoms with E-state index in [-0.39, 0.29) is 6.10 Å². The van der Waals surface area contributed by atoms with E-state index in [1.807, 2.05) is 0 Å². The molecule has 1 aliphatic rings. The zero-order valence-electron chi connectivity index (χ0n) is 6.80. The molecule has 2 nitrogen and oxygen atoms in total. The van der Waals surface area contributed by atoms with E-state index in [0.29, 0.717) is 5.92 Å². The van der Waals surface area contributed by atoms with Crippen LogP contribution in [0.1, 0.15) is 20.3 Å². The largest absolute Gasteiger partial charge is 0.393 e. The van der Waals surface area contributed by atoms with Crippen LogP contribution in [0.5, 0.6) is 0 Å². The Hall–Kier alpha value is -0.0800. The monoisotopic (exact) mass is 143 g/mol. The Kier molecular flexibility index (Phi) is 2.69.